The summed E-state index contributed by atoms with van der Waals surface area (Å²) in [5.41, 5.74) is 12.2. The van der Waals surface area contributed by atoms with Gasteiger partial charge in [0.05, 0.1) is 7.11 Å². The van der Waals surface area contributed by atoms with Crippen molar-refractivity contribution in [2.75, 3.05) is 12.8 Å². The normalized spacial score (nSPS) is 12.2. The molecule has 0 saturated carbocycles. The molecule has 4 N–H and O–H groups in total. The van der Waals surface area contributed by atoms with Crippen LogP contribution in [0.4, 0.5) is 5.69 Å². The van der Waals surface area contributed by atoms with Crippen LogP contribution in [0, 0.1) is 0 Å². The molecule has 15 heavy (non-hydrogen) atoms. The Balaban J connectivity index is 2.96. The van der Waals surface area contributed by atoms with Crippen LogP contribution in [-0.4, -0.2) is 18.9 Å². The molecule has 0 aliphatic carbocycles. The van der Waals surface area contributed by atoms with E-state index in [2.05, 4.69) is 0 Å². The van der Waals surface area contributed by atoms with Crippen LogP contribution in [-0.2, 0) is 0 Å². The Morgan fingerprint density at radius 3 is 2.73 bits per heavy atom. The molecule has 0 aromatic heterocycles. The van der Waals surface area contributed by atoms with Gasteiger partial charge in [-0.15, -0.1) is 0 Å². The zero-order chi connectivity index (χ0) is 11.4. The number of rotatable bonds is 4. The molecule has 4 nitrogen and oxygen atoms in total. The van der Waals surface area contributed by atoms with Crippen molar-refractivity contribution in [1.29, 1.82) is 0 Å². The highest BCUT2D eigenvalue weighted by molar-refractivity contribution is 6.01. The van der Waals surface area contributed by atoms with Crippen molar-refractivity contribution in [2.45, 2.75) is 19.4 Å². The van der Waals surface area contributed by atoms with E-state index in [1.165, 1.54) is 0 Å². The molecule has 0 bridgehead atoms. The van der Waals surface area contributed by atoms with Gasteiger partial charge in [-0.05, 0) is 25.1 Å². The Bertz CT molecular complexity index is 362. The molecule has 0 amide bonds. The molecule has 0 fully saturated rings. The quantitative estimate of drug-likeness (QED) is 0.575. The molecule has 0 aliphatic heterocycles. The maximum Gasteiger partial charge on any atom is 0.166 e. The molecule has 0 spiro atoms. The highest BCUT2D eigenvalue weighted by atomic mass is 16.5. The lowest BCUT2D eigenvalue weighted by Gasteiger charge is -2.08. The summed E-state index contributed by atoms with van der Waals surface area (Å²) in [6.45, 7) is 1.79. The first-order valence-corrected chi connectivity index (χ1v) is 4.77. The van der Waals surface area contributed by atoms with Gasteiger partial charge in [0.15, 0.2) is 5.78 Å². The van der Waals surface area contributed by atoms with Gasteiger partial charge >= 0.3 is 0 Å². The van der Waals surface area contributed by atoms with Crippen molar-refractivity contribution in [3.63, 3.8) is 0 Å². The largest absolute Gasteiger partial charge is 0.497 e. The van der Waals surface area contributed by atoms with Gasteiger partial charge in [0.1, 0.15) is 5.75 Å². The summed E-state index contributed by atoms with van der Waals surface area (Å²) in [5, 5.41) is 0. The Labute approximate surface area is 89.2 Å². The minimum Gasteiger partial charge on any atom is -0.497 e. The highest BCUT2D eigenvalue weighted by Gasteiger charge is 2.12. The molecular formula is C11H16N2O2. The van der Waals surface area contributed by atoms with Crippen LogP contribution in [0.15, 0.2) is 18.2 Å². The number of nitrogens with two attached hydrogens (primary N) is 2. The number of methoxy groups -OCH3 is 1. The van der Waals surface area contributed by atoms with E-state index in [4.69, 9.17) is 16.2 Å². The monoisotopic (exact) mass is 208 g/mol. The molecular weight excluding hydrogens is 192 g/mol. The Morgan fingerprint density at radius 1 is 1.53 bits per heavy atom. The SMILES string of the molecule is COc1ccc(N)c(C(=O)CC(C)N)c1. The summed E-state index contributed by atoms with van der Waals surface area (Å²) in [4.78, 5) is 11.7. The van der Waals surface area contributed by atoms with Crippen LogP contribution in [0.3, 0.4) is 0 Å². The fraction of sp³-hybridized carbons (Fsp3) is 0.364. The molecule has 1 aromatic rings. The zero-order valence-corrected chi connectivity index (χ0v) is 8.99. The van der Waals surface area contributed by atoms with Gasteiger partial charge in [0, 0.05) is 23.7 Å². The van der Waals surface area contributed by atoms with E-state index in [1.54, 1.807) is 32.2 Å². The van der Waals surface area contributed by atoms with E-state index < -0.39 is 0 Å². The minimum absolute atomic E-state index is 0.0543. The highest BCUT2D eigenvalue weighted by Crippen LogP contribution is 2.21. The number of ketones is 1. The Morgan fingerprint density at radius 2 is 2.20 bits per heavy atom. The molecule has 0 saturated heterocycles. The molecule has 0 heterocycles. The van der Waals surface area contributed by atoms with E-state index in [9.17, 15) is 4.79 Å². The molecule has 1 unspecified atom stereocenters. The van der Waals surface area contributed by atoms with Gasteiger partial charge in [-0.25, -0.2) is 0 Å². The van der Waals surface area contributed by atoms with Gasteiger partial charge in [-0.2, -0.15) is 0 Å². The molecule has 4 heteroatoms. The Hall–Kier alpha value is -1.55. The summed E-state index contributed by atoms with van der Waals surface area (Å²) in [6, 6.07) is 4.86. The van der Waals surface area contributed by atoms with Gasteiger partial charge < -0.3 is 16.2 Å². The lowest BCUT2D eigenvalue weighted by molar-refractivity contribution is 0.0977. The second-order valence-electron chi connectivity index (χ2n) is 3.56. The molecule has 1 rings (SSSR count). The lowest BCUT2D eigenvalue weighted by atomic mass is 10.0. The van der Waals surface area contributed by atoms with Crippen LogP contribution in [0.5, 0.6) is 5.75 Å². The van der Waals surface area contributed by atoms with Gasteiger partial charge in [0.25, 0.3) is 0 Å². The second kappa shape index (κ2) is 4.79. The maximum atomic E-state index is 11.7. The molecule has 1 atom stereocenters. The molecule has 82 valence electrons. The lowest BCUT2D eigenvalue weighted by Crippen LogP contribution is -2.20. The van der Waals surface area contributed by atoms with Crippen molar-refractivity contribution in [1.82, 2.24) is 0 Å². The third kappa shape index (κ3) is 2.95. The van der Waals surface area contributed by atoms with Crippen molar-refractivity contribution >= 4 is 11.5 Å². The average Bonchev–Trinajstić information content (AvgIpc) is 2.17. The summed E-state index contributed by atoms with van der Waals surface area (Å²) >= 11 is 0. The summed E-state index contributed by atoms with van der Waals surface area (Å²) < 4.78 is 5.03. The maximum absolute atomic E-state index is 11.7. The number of carbonyl (C=O) groups excluding carboxylic acids is 1. The zero-order valence-electron chi connectivity index (χ0n) is 8.99. The third-order valence-corrected chi connectivity index (χ3v) is 2.07. The van der Waals surface area contributed by atoms with Crippen molar-refractivity contribution < 1.29 is 9.53 Å². The predicted molar refractivity (Wildman–Crippen MR) is 60.0 cm³/mol. The fourth-order valence-electron chi connectivity index (χ4n) is 1.31. The van der Waals surface area contributed by atoms with Crippen molar-refractivity contribution in [3.05, 3.63) is 23.8 Å². The van der Waals surface area contributed by atoms with Crippen LogP contribution in [0.2, 0.25) is 0 Å². The van der Waals surface area contributed by atoms with Gasteiger partial charge in [0.2, 0.25) is 0 Å². The third-order valence-electron chi connectivity index (χ3n) is 2.07. The number of hydrogen-bond acceptors (Lipinski definition) is 4. The number of nitrogen functional groups attached to an aromatic ring is 1. The first kappa shape index (κ1) is 11.5. The Kier molecular flexibility index (Phi) is 3.68. The first-order valence-electron chi connectivity index (χ1n) is 4.77. The van der Waals surface area contributed by atoms with Crippen LogP contribution in [0.1, 0.15) is 23.7 Å². The first-order chi connectivity index (χ1) is 7.04. The number of ether oxygens (including phenoxy) is 1. The number of hydrogen-bond donors (Lipinski definition) is 2. The number of carbonyl (C=O) groups is 1. The minimum atomic E-state index is -0.164. The number of anilines is 1. The van der Waals surface area contributed by atoms with E-state index >= 15 is 0 Å². The number of benzene rings is 1. The van der Waals surface area contributed by atoms with Crippen LogP contribution in [0.25, 0.3) is 0 Å². The molecule has 0 aliphatic rings. The second-order valence-corrected chi connectivity index (χ2v) is 3.56. The average molecular weight is 208 g/mol. The molecule has 1 aromatic carbocycles. The van der Waals surface area contributed by atoms with E-state index in [1.807, 2.05) is 0 Å². The van der Waals surface area contributed by atoms with Crippen LogP contribution < -0.4 is 16.2 Å². The van der Waals surface area contributed by atoms with Gasteiger partial charge in [-0.3, -0.25) is 4.79 Å². The summed E-state index contributed by atoms with van der Waals surface area (Å²) in [7, 11) is 1.55. The van der Waals surface area contributed by atoms with E-state index in [0.29, 0.717) is 17.0 Å². The van der Waals surface area contributed by atoms with Crippen LogP contribution >= 0.6 is 0 Å². The smallest absolute Gasteiger partial charge is 0.166 e. The topological polar surface area (TPSA) is 78.3 Å². The summed E-state index contributed by atoms with van der Waals surface area (Å²) in [6.07, 6.45) is 0.289. The standard InChI is InChI=1S/C11H16N2O2/c1-7(12)5-11(14)9-6-8(15-2)3-4-10(9)13/h3-4,6-7H,5,12-13H2,1-2H3. The predicted octanol–water partition coefficient (Wildman–Crippen LogP) is 1.20. The summed E-state index contributed by atoms with van der Waals surface area (Å²) in [5.74, 6) is 0.568. The van der Waals surface area contributed by atoms with E-state index in [-0.39, 0.29) is 18.2 Å². The van der Waals surface area contributed by atoms with Gasteiger partial charge in [-0.1, -0.05) is 0 Å². The molecule has 0 radical (unpaired) electrons. The fourth-order valence-corrected chi connectivity index (χ4v) is 1.31. The number of Topliss-reactive ketones (excluding diaryl/α,β-unsaturated/α-hetero) is 1. The van der Waals surface area contributed by atoms with E-state index in [0.717, 1.165) is 0 Å². The van der Waals surface area contributed by atoms with Crippen molar-refractivity contribution in [3.8, 4) is 5.75 Å². The van der Waals surface area contributed by atoms with Crippen molar-refractivity contribution in [2.24, 2.45) is 5.73 Å².